The molecule has 0 unspecified atom stereocenters. The number of hydrogen-bond donors (Lipinski definition) is 1. The molecule has 1 aliphatic heterocycles. The van der Waals surface area contributed by atoms with Gasteiger partial charge in [0, 0.05) is 31.4 Å². The van der Waals surface area contributed by atoms with Crippen molar-refractivity contribution >= 4 is 32.6 Å². The van der Waals surface area contributed by atoms with E-state index in [0.717, 1.165) is 42.7 Å². The first-order valence-electron chi connectivity index (χ1n) is 11.1. The zero-order valence-corrected chi connectivity index (χ0v) is 18.9. The maximum atomic E-state index is 13.3. The Morgan fingerprint density at radius 3 is 2.62 bits per heavy atom. The van der Waals surface area contributed by atoms with Crippen molar-refractivity contribution in [2.75, 3.05) is 30.3 Å². The van der Waals surface area contributed by atoms with Crippen LogP contribution >= 0.6 is 0 Å². The maximum Gasteiger partial charge on any atom is 0.254 e. The molecule has 1 saturated heterocycles. The van der Waals surface area contributed by atoms with E-state index in [1.165, 1.54) is 0 Å². The zero-order chi connectivity index (χ0) is 22.3. The Bertz CT molecular complexity index is 1250. The summed E-state index contributed by atoms with van der Waals surface area (Å²) in [6.45, 7) is 4.00. The van der Waals surface area contributed by atoms with E-state index in [1.807, 2.05) is 24.1 Å². The summed E-state index contributed by atoms with van der Waals surface area (Å²) in [4.78, 5) is 29.7. The Labute approximate surface area is 187 Å². The molecule has 1 amide bonds. The van der Waals surface area contributed by atoms with Gasteiger partial charge < -0.3 is 14.8 Å². The van der Waals surface area contributed by atoms with Gasteiger partial charge in [0.2, 0.25) is 0 Å². The number of benzene rings is 1. The third kappa shape index (κ3) is 3.64. The average molecular weight is 454 g/mol. The summed E-state index contributed by atoms with van der Waals surface area (Å²) in [5, 5.41) is 0.989. The van der Waals surface area contributed by atoms with Gasteiger partial charge in [0.25, 0.3) is 5.91 Å². The number of hydrogen-bond acceptors (Lipinski definition) is 6. The number of unbranched alkanes of at least 4 members (excludes halogenated alkanes) is 1. The van der Waals surface area contributed by atoms with Gasteiger partial charge in [0.1, 0.15) is 17.8 Å². The average Bonchev–Trinajstić information content (AvgIpc) is 3.38. The Morgan fingerprint density at radius 1 is 1.12 bits per heavy atom. The van der Waals surface area contributed by atoms with E-state index in [4.69, 9.17) is 0 Å². The number of carbonyl (C=O) groups excluding carboxylic acids is 1. The van der Waals surface area contributed by atoms with Crippen molar-refractivity contribution in [3.05, 3.63) is 48.4 Å². The lowest BCUT2D eigenvalue weighted by Crippen LogP contribution is -2.57. The van der Waals surface area contributed by atoms with Crippen LogP contribution in [0.25, 0.3) is 11.0 Å². The van der Waals surface area contributed by atoms with Gasteiger partial charge in [-0.25, -0.2) is 18.4 Å². The van der Waals surface area contributed by atoms with Gasteiger partial charge in [0.15, 0.2) is 9.84 Å². The van der Waals surface area contributed by atoms with Crippen LogP contribution in [0.15, 0.2) is 47.8 Å². The van der Waals surface area contributed by atoms with Crippen LogP contribution in [0.2, 0.25) is 0 Å². The first-order chi connectivity index (χ1) is 15.4. The summed E-state index contributed by atoms with van der Waals surface area (Å²) in [5.74, 6) is 1.00. The van der Waals surface area contributed by atoms with Gasteiger partial charge in [0.05, 0.1) is 21.6 Å². The Hall–Kier alpha value is -2.94. The minimum atomic E-state index is -3.30. The lowest BCUT2D eigenvalue weighted by atomic mass is 10.1. The predicted molar refractivity (Wildman–Crippen MR) is 123 cm³/mol. The number of anilines is 1. The van der Waals surface area contributed by atoms with Crippen molar-refractivity contribution in [3.8, 4) is 0 Å². The van der Waals surface area contributed by atoms with Crippen molar-refractivity contribution in [2.24, 2.45) is 0 Å². The van der Waals surface area contributed by atoms with Crippen LogP contribution in [0.5, 0.6) is 0 Å². The molecule has 8 nitrogen and oxygen atoms in total. The summed E-state index contributed by atoms with van der Waals surface area (Å²) in [6.07, 6.45) is 6.81. The Balaban J connectivity index is 1.33. The molecule has 0 bridgehead atoms. The molecule has 3 aromatic rings. The van der Waals surface area contributed by atoms with E-state index in [1.54, 1.807) is 30.6 Å². The maximum absolute atomic E-state index is 13.3. The number of aromatic nitrogens is 3. The molecule has 32 heavy (non-hydrogen) atoms. The number of rotatable bonds is 6. The first-order valence-corrected chi connectivity index (χ1v) is 12.8. The van der Waals surface area contributed by atoms with Gasteiger partial charge in [-0.1, -0.05) is 13.3 Å². The standard InChI is InChI=1S/C23H27N5O3S/c1-2-3-14-32(30,31)18-6-4-17(5-7-18)22(29)28-13-12-27(15-23(28)9-10-23)21-19-8-11-24-20(19)25-16-26-21/h4-8,11,16H,2-3,9-10,12-15H2,1H3,(H,24,25,26). The lowest BCUT2D eigenvalue weighted by Gasteiger charge is -2.42. The van der Waals surface area contributed by atoms with Crippen LogP contribution in [0.1, 0.15) is 43.0 Å². The van der Waals surface area contributed by atoms with Crippen LogP contribution < -0.4 is 4.90 Å². The van der Waals surface area contributed by atoms with Gasteiger partial charge >= 0.3 is 0 Å². The predicted octanol–water partition coefficient (Wildman–Crippen LogP) is 3.03. The molecule has 2 fully saturated rings. The van der Waals surface area contributed by atoms with Crippen LogP contribution in [-0.4, -0.2) is 65.1 Å². The summed E-state index contributed by atoms with van der Waals surface area (Å²) in [7, 11) is -3.30. The van der Waals surface area contributed by atoms with E-state index in [0.29, 0.717) is 25.1 Å². The molecular weight excluding hydrogens is 426 g/mol. The molecule has 9 heteroatoms. The highest BCUT2D eigenvalue weighted by atomic mass is 32.2. The van der Waals surface area contributed by atoms with E-state index in [-0.39, 0.29) is 22.1 Å². The highest BCUT2D eigenvalue weighted by Crippen LogP contribution is 2.46. The molecular formula is C23H27N5O3S. The van der Waals surface area contributed by atoms with Crippen molar-refractivity contribution in [3.63, 3.8) is 0 Å². The molecule has 1 N–H and O–H groups in total. The summed E-state index contributed by atoms with van der Waals surface area (Å²) >= 11 is 0. The molecule has 0 atom stereocenters. The van der Waals surface area contributed by atoms with Crippen molar-refractivity contribution < 1.29 is 13.2 Å². The fourth-order valence-corrected chi connectivity index (χ4v) is 6.03. The number of sulfone groups is 1. The molecule has 168 valence electrons. The highest BCUT2D eigenvalue weighted by molar-refractivity contribution is 7.91. The number of nitrogens with one attached hydrogen (secondary N) is 1. The minimum Gasteiger partial charge on any atom is -0.352 e. The topological polar surface area (TPSA) is 99.3 Å². The SMILES string of the molecule is CCCCS(=O)(=O)c1ccc(C(=O)N2CCN(c3ncnc4[nH]ccc34)CC23CC3)cc1. The monoisotopic (exact) mass is 453 g/mol. The number of fused-ring (bicyclic) bond motifs is 1. The molecule has 1 aromatic carbocycles. The van der Waals surface area contributed by atoms with Gasteiger partial charge in [-0.15, -0.1) is 0 Å². The number of H-pyrrole nitrogens is 1. The molecule has 1 spiro atoms. The molecule has 1 aliphatic carbocycles. The van der Waals surface area contributed by atoms with Gasteiger partial charge in [-0.2, -0.15) is 0 Å². The fourth-order valence-electron chi connectivity index (χ4n) is 4.57. The van der Waals surface area contributed by atoms with Gasteiger partial charge in [-0.05, 0) is 49.6 Å². The van der Waals surface area contributed by atoms with Crippen molar-refractivity contribution in [1.29, 1.82) is 0 Å². The molecule has 3 heterocycles. The number of piperazine rings is 1. The molecule has 2 aromatic heterocycles. The number of nitrogens with zero attached hydrogens (tertiary/aromatic N) is 4. The van der Waals surface area contributed by atoms with Crippen LogP contribution in [0, 0.1) is 0 Å². The van der Waals surface area contributed by atoms with Crippen LogP contribution in [-0.2, 0) is 9.84 Å². The Morgan fingerprint density at radius 2 is 1.91 bits per heavy atom. The van der Waals surface area contributed by atoms with Crippen LogP contribution in [0.4, 0.5) is 5.82 Å². The quantitative estimate of drug-likeness (QED) is 0.616. The molecule has 2 aliphatic rings. The third-order valence-electron chi connectivity index (χ3n) is 6.58. The van der Waals surface area contributed by atoms with Crippen molar-refractivity contribution in [1.82, 2.24) is 19.9 Å². The molecule has 0 radical (unpaired) electrons. The van der Waals surface area contributed by atoms with Gasteiger partial charge in [-0.3, -0.25) is 4.79 Å². The smallest absolute Gasteiger partial charge is 0.254 e. The number of amides is 1. The largest absolute Gasteiger partial charge is 0.352 e. The molecule has 1 saturated carbocycles. The number of aromatic amines is 1. The minimum absolute atomic E-state index is 0.0332. The van der Waals surface area contributed by atoms with E-state index < -0.39 is 9.84 Å². The zero-order valence-electron chi connectivity index (χ0n) is 18.1. The van der Waals surface area contributed by atoms with E-state index in [2.05, 4.69) is 19.9 Å². The molecule has 5 rings (SSSR count). The normalized spacial score (nSPS) is 17.8. The Kier molecular flexibility index (Phi) is 5.16. The lowest BCUT2D eigenvalue weighted by molar-refractivity contribution is 0.0624. The van der Waals surface area contributed by atoms with Crippen LogP contribution in [0.3, 0.4) is 0 Å². The number of carbonyl (C=O) groups is 1. The third-order valence-corrected chi connectivity index (χ3v) is 8.40. The van der Waals surface area contributed by atoms with Crippen molar-refractivity contribution in [2.45, 2.75) is 43.0 Å². The summed E-state index contributed by atoms with van der Waals surface area (Å²) in [5.41, 5.74) is 1.16. The second-order valence-corrected chi connectivity index (χ2v) is 10.8. The highest BCUT2D eigenvalue weighted by Gasteiger charge is 2.53. The first kappa shape index (κ1) is 20.9. The van der Waals surface area contributed by atoms with E-state index >= 15 is 0 Å². The summed E-state index contributed by atoms with van der Waals surface area (Å²) < 4.78 is 24.8. The second-order valence-electron chi connectivity index (χ2n) is 8.74. The second kappa shape index (κ2) is 7.88. The fraction of sp³-hybridized carbons (Fsp3) is 0.435. The van der Waals surface area contributed by atoms with E-state index in [9.17, 15) is 13.2 Å². The summed E-state index contributed by atoms with van der Waals surface area (Å²) in [6, 6.07) is 8.42.